The minimum Gasteiger partial charge on any atom is -0.370 e. The van der Waals surface area contributed by atoms with Crippen LogP contribution in [0.25, 0.3) is 0 Å². The van der Waals surface area contributed by atoms with E-state index in [-0.39, 0.29) is 0 Å². The number of aliphatic imine (C=N–C) groups is 1. The Kier molecular flexibility index (Phi) is 3.21. The van der Waals surface area contributed by atoms with Crippen molar-refractivity contribution in [3.8, 4) is 0 Å². The first-order chi connectivity index (χ1) is 9.16. The number of rotatable bonds is 2. The van der Waals surface area contributed by atoms with Crippen LogP contribution >= 0.6 is 0 Å². The third-order valence-corrected chi connectivity index (χ3v) is 4.66. The molecule has 3 heteroatoms. The highest BCUT2D eigenvalue weighted by Gasteiger charge is 2.34. The second-order valence-electron chi connectivity index (χ2n) is 5.90. The van der Waals surface area contributed by atoms with Gasteiger partial charge < -0.3 is 10.6 Å². The normalized spacial score (nSPS) is 24.0. The van der Waals surface area contributed by atoms with Crippen molar-refractivity contribution in [2.75, 3.05) is 6.54 Å². The van der Waals surface area contributed by atoms with E-state index in [0.717, 1.165) is 12.5 Å². The molecule has 2 aliphatic rings. The first-order valence-electron chi connectivity index (χ1n) is 7.32. The van der Waals surface area contributed by atoms with Gasteiger partial charge in [-0.3, -0.25) is 4.99 Å². The van der Waals surface area contributed by atoms with E-state index in [4.69, 9.17) is 5.73 Å². The topological polar surface area (TPSA) is 41.6 Å². The van der Waals surface area contributed by atoms with Gasteiger partial charge in [0.05, 0.1) is 12.6 Å². The summed E-state index contributed by atoms with van der Waals surface area (Å²) in [7, 11) is 0. The Labute approximate surface area is 115 Å². The van der Waals surface area contributed by atoms with Crippen molar-refractivity contribution in [3.05, 3.63) is 34.9 Å². The molecule has 1 heterocycles. The summed E-state index contributed by atoms with van der Waals surface area (Å²) in [5.41, 5.74) is 10.2. The summed E-state index contributed by atoms with van der Waals surface area (Å²) in [6, 6.07) is 7.70. The molecular weight excluding hydrogens is 234 g/mol. The maximum atomic E-state index is 6.13. The Balaban J connectivity index is 1.88. The fourth-order valence-corrected chi connectivity index (χ4v) is 3.37. The van der Waals surface area contributed by atoms with Crippen molar-refractivity contribution < 1.29 is 0 Å². The van der Waals surface area contributed by atoms with Crippen LogP contribution in [0.5, 0.6) is 0 Å². The highest BCUT2D eigenvalue weighted by atomic mass is 15.3. The highest BCUT2D eigenvalue weighted by Crippen LogP contribution is 2.34. The Morgan fingerprint density at radius 3 is 2.58 bits per heavy atom. The van der Waals surface area contributed by atoms with Gasteiger partial charge in [0.2, 0.25) is 0 Å². The SMILES string of the molecule is Cc1ccc(C2CN=C(N)N2C2CCCC2)cc1C. The second kappa shape index (κ2) is 4.87. The van der Waals surface area contributed by atoms with Crippen molar-refractivity contribution >= 4 is 5.96 Å². The van der Waals surface area contributed by atoms with E-state index in [1.807, 2.05) is 0 Å². The predicted molar refractivity (Wildman–Crippen MR) is 79.2 cm³/mol. The van der Waals surface area contributed by atoms with Crippen molar-refractivity contribution in [2.45, 2.75) is 51.6 Å². The van der Waals surface area contributed by atoms with Crippen LogP contribution in [0.2, 0.25) is 0 Å². The van der Waals surface area contributed by atoms with E-state index in [0.29, 0.717) is 12.1 Å². The van der Waals surface area contributed by atoms with E-state index in [2.05, 4.69) is 41.9 Å². The van der Waals surface area contributed by atoms with E-state index in [9.17, 15) is 0 Å². The van der Waals surface area contributed by atoms with Crippen LogP contribution in [0.15, 0.2) is 23.2 Å². The molecular formula is C16H23N3. The minimum atomic E-state index is 0.349. The molecule has 1 aromatic rings. The van der Waals surface area contributed by atoms with Crippen LogP contribution in [-0.2, 0) is 0 Å². The van der Waals surface area contributed by atoms with Crippen LogP contribution in [-0.4, -0.2) is 23.4 Å². The van der Waals surface area contributed by atoms with Gasteiger partial charge >= 0.3 is 0 Å². The van der Waals surface area contributed by atoms with Crippen molar-refractivity contribution in [1.82, 2.24) is 4.90 Å². The van der Waals surface area contributed by atoms with E-state index in [1.54, 1.807) is 0 Å². The van der Waals surface area contributed by atoms with Gasteiger partial charge in [-0.1, -0.05) is 31.0 Å². The number of nitrogens with two attached hydrogens (primary N) is 1. The van der Waals surface area contributed by atoms with Gasteiger partial charge in [-0.25, -0.2) is 0 Å². The summed E-state index contributed by atoms with van der Waals surface area (Å²) in [5.74, 6) is 0.745. The summed E-state index contributed by atoms with van der Waals surface area (Å²) in [5, 5.41) is 0. The van der Waals surface area contributed by atoms with Crippen molar-refractivity contribution in [2.24, 2.45) is 10.7 Å². The molecule has 1 atom stereocenters. The first kappa shape index (κ1) is 12.5. The quantitative estimate of drug-likeness (QED) is 0.885. The van der Waals surface area contributed by atoms with Crippen LogP contribution in [0.1, 0.15) is 48.4 Å². The molecule has 0 saturated heterocycles. The molecule has 1 aromatic carbocycles. The lowest BCUT2D eigenvalue weighted by Crippen LogP contribution is -2.42. The number of hydrogen-bond donors (Lipinski definition) is 1. The molecule has 0 bridgehead atoms. The van der Waals surface area contributed by atoms with Gasteiger partial charge in [-0.05, 0) is 43.4 Å². The summed E-state index contributed by atoms with van der Waals surface area (Å²) in [4.78, 5) is 6.86. The van der Waals surface area contributed by atoms with Gasteiger partial charge in [0.15, 0.2) is 5.96 Å². The molecule has 1 fully saturated rings. The van der Waals surface area contributed by atoms with Crippen LogP contribution < -0.4 is 5.73 Å². The molecule has 0 spiro atoms. The zero-order valence-electron chi connectivity index (χ0n) is 11.9. The van der Waals surface area contributed by atoms with Gasteiger partial charge in [-0.15, -0.1) is 0 Å². The molecule has 1 aliphatic carbocycles. The van der Waals surface area contributed by atoms with Gasteiger partial charge in [0.1, 0.15) is 0 Å². The predicted octanol–water partition coefficient (Wildman–Crippen LogP) is 2.92. The number of guanidine groups is 1. The van der Waals surface area contributed by atoms with E-state index in [1.165, 1.54) is 42.4 Å². The molecule has 1 saturated carbocycles. The lowest BCUT2D eigenvalue weighted by atomic mass is 9.99. The molecule has 3 nitrogen and oxygen atoms in total. The highest BCUT2D eigenvalue weighted by molar-refractivity contribution is 5.80. The average Bonchev–Trinajstić information content (AvgIpc) is 3.01. The fraction of sp³-hybridized carbons (Fsp3) is 0.562. The van der Waals surface area contributed by atoms with Crippen molar-refractivity contribution in [1.29, 1.82) is 0 Å². The van der Waals surface area contributed by atoms with Crippen molar-refractivity contribution in [3.63, 3.8) is 0 Å². The molecule has 0 amide bonds. The molecule has 0 aromatic heterocycles. The Morgan fingerprint density at radius 1 is 1.16 bits per heavy atom. The Hall–Kier alpha value is -1.51. The molecule has 0 radical (unpaired) electrons. The molecule has 1 unspecified atom stereocenters. The molecule has 102 valence electrons. The van der Waals surface area contributed by atoms with Gasteiger partial charge in [0.25, 0.3) is 0 Å². The largest absolute Gasteiger partial charge is 0.370 e. The lowest BCUT2D eigenvalue weighted by Gasteiger charge is -2.32. The summed E-state index contributed by atoms with van der Waals surface area (Å²) in [6.45, 7) is 5.15. The smallest absolute Gasteiger partial charge is 0.192 e. The standard InChI is InChI=1S/C16H23N3/c1-11-7-8-13(9-12(11)2)15-10-18-16(17)19(15)14-5-3-4-6-14/h7-9,14-15H,3-6,10H2,1-2H3,(H2,17,18). The zero-order chi connectivity index (χ0) is 13.4. The first-order valence-corrected chi connectivity index (χ1v) is 7.32. The second-order valence-corrected chi connectivity index (χ2v) is 5.90. The van der Waals surface area contributed by atoms with E-state index < -0.39 is 0 Å². The summed E-state index contributed by atoms with van der Waals surface area (Å²) < 4.78 is 0. The number of nitrogens with zero attached hydrogens (tertiary/aromatic N) is 2. The maximum absolute atomic E-state index is 6.13. The summed E-state index contributed by atoms with van der Waals surface area (Å²) >= 11 is 0. The molecule has 19 heavy (non-hydrogen) atoms. The van der Waals surface area contributed by atoms with Gasteiger partial charge in [0, 0.05) is 6.04 Å². The van der Waals surface area contributed by atoms with Crippen LogP contribution in [0, 0.1) is 13.8 Å². The molecule has 1 aliphatic heterocycles. The Bertz CT molecular complexity index is 501. The molecule has 2 N–H and O–H groups in total. The zero-order valence-corrected chi connectivity index (χ0v) is 11.9. The maximum Gasteiger partial charge on any atom is 0.192 e. The van der Waals surface area contributed by atoms with Crippen LogP contribution in [0.4, 0.5) is 0 Å². The summed E-state index contributed by atoms with van der Waals surface area (Å²) in [6.07, 6.45) is 5.18. The average molecular weight is 257 g/mol. The Morgan fingerprint density at radius 2 is 1.89 bits per heavy atom. The fourth-order valence-electron chi connectivity index (χ4n) is 3.37. The number of benzene rings is 1. The third-order valence-electron chi connectivity index (χ3n) is 4.66. The monoisotopic (exact) mass is 257 g/mol. The third kappa shape index (κ3) is 2.22. The van der Waals surface area contributed by atoms with E-state index >= 15 is 0 Å². The number of hydrogen-bond acceptors (Lipinski definition) is 3. The minimum absolute atomic E-state index is 0.349. The lowest BCUT2D eigenvalue weighted by molar-refractivity contribution is 0.262. The van der Waals surface area contributed by atoms with Gasteiger partial charge in [-0.2, -0.15) is 0 Å². The van der Waals surface area contributed by atoms with Crippen LogP contribution in [0.3, 0.4) is 0 Å². The number of aryl methyl sites for hydroxylation is 2. The molecule has 3 rings (SSSR count).